The van der Waals surface area contributed by atoms with Crippen molar-refractivity contribution in [3.05, 3.63) is 0 Å². The van der Waals surface area contributed by atoms with E-state index in [2.05, 4.69) is 13.8 Å². The van der Waals surface area contributed by atoms with E-state index >= 15 is 0 Å². The summed E-state index contributed by atoms with van der Waals surface area (Å²) in [7, 11) is 1.88. The lowest BCUT2D eigenvalue weighted by Crippen LogP contribution is -2.64. The van der Waals surface area contributed by atoms with Crippen LogP contribution in [0.4, 0.5) is 0 Å². The summed E-state index contributed by atoms with van der Waals surface area (Å²) in [4.78, 5) is 14.0. The first-order chi connectivity index (χ1) is 7.83. The zero-order valence-electron chi connectivity index (χ0n) is 11.7. The summed E-state index contributed by atoms with van der Waals surface area (Å²) in [5.74, 6) is 0.102. The van der Waals surface area contributed by atoms with Crippen LogP contribution in [0.5, 0.6) is 0 Å². The number of amides is 1. The maximum Gasteiger partial charge on any atom is 0.242 e. The molecule has 0 aromatic carbocycles. The number of nitrogens with two attached hydrogens (primary N) is 1. The summed E-state index contributed by atoms with van der Waals surface area (Å²) in [6.07, 6.45) is 2.86. The summed E-state index contributed by atoms with van der Waals surface area (Å²) < 4.78 is 5.69. The zero-order valence-corrected chi connectivity index (χ0v) is 12.5. The standard InChI is InChI=1S/C13H24N2O2.ClH/c1-5-17-10-8-9(12(10,2)3)15(4)11(16)13(14)6-7-13;/h9-10H,5-8,14H2,1-4H3;1H. The number of ether oxygens (including phenoxy) is 1. The van der Waals surface area contributed by atoms with E-state index < -0.39 is 5.54 Å². The van der Waals surface area contributed by atoms with Gasteiger partial charge in [0.05, 0.1) is 11.6 Å². The zero-order chi connectivity index (χ0) is 12.8. The average molecular weight is 277 g/mol. The number of likely N-dealkylation sites (N-methyl/N-ethyl adjacent to an activating group) is 1. The van der Waals surface area contributed by atoms with Crippen molar-refractivity contribution in [3.63, 3.8) is 0 Å². The predicted octanol–water partition coefficient (Wildman–Crippen LogP) is 1.56. The van der Waals surface area contributed by atoms with Crippen molar-refractivity contribution in [2.24, 2.45) is 11.1 Å². The minimum absolute atomic E-state index is 0. The van der Waals surface area contributed by atoms with Gasteiger partial charge < -0.3 is 15.4 Å². The topological polar surface area (TPSA) is 55.6 Å². The van der Waals surface area contributed by atoms with E-state index in [0.717, 1.165) is 25.9 Å². The van der Waals surface area contributed by atoms with Gasteiger partial charge in [0, 0.05) is 25.1 Å². The van der Waals surface area contributed by atoms with Gasteiger partial charge in [0.25, 0.3) is 0 Å². The second-order valence-electron chi connectivity index (χ2n) is 6.09. The molecule has 0 bridgehead atoms. The Labute approximate surface area is 116 Å². The Kier molecular flexibility index (Phi) is 4.36. The number of nitrogens with zero attached hydrogens (tertiary/aromatic N) is 1. The number of carbonyl (C=O) groups is 1. The van der Waals surface area contributed by atoms with Gasteiger partial charge in [-0.2, -0.15) is 0 Å². The molecule has 4 nitrogen and oxygen atoms in total. The molecule has 18 heavy (non-hydrogen) atoms. The molecule has 2 aliphatic carbocycles. The van der Waals surface area contributed by atoms with Crippen LogP contribution in [0.2, 0.25) is 0 Å². The molecule has 1 amide bonds. The smallest absolute Gasteiger partial charge is 0.242 e. The maximum absolute atomic E-state index is 12.2. The molecule has 2 aliphatic rings. The van der Waals surface area contributed by atoms with E-state index in [-0.39, 0.29) is 35.9 Å². The predicted molar refractivity (Wildman–Crippen MR) is 73.8 cm³/mol. The maximum atomic E-state index is 12.2. The van der Waals surface area contributed by atoms with Crippen LogP contribution < -0.4 is 5.73 Å². The van der Waals surface area contributed by atoms with Gasteiger partial charge in [-0.15, -0.1) is 12.4 Å². The van der Waals surface area contributed by atoms with Crippen LogP contribution in [-0.2, 0) is 9.53 Å². The SMILES string of the molecule is CCOC1CC(N(C)C(=O)C2(N)CC2)C1(C)C.Cl. The van der Waals surface area contributed by atoms with E-state index in [1.54, 1.807) is 0 Å². The van der Waals surface area contributed by atoms with Crippen molar-refractivity contribution in [2.45, 2.75) is 57.7 Å². The molecule has 0 aliphatic heterocycles. The molecular formula is C13H25ClN2O2. The van der Waals surface area contributed by atoms with Gasteiger partial charge in [0.15, 0.2) is 0 Å². The van der Waals surface area contributed by atoms with Crippen LogP contribution in [0, 0.1) is 5.41 Å². The molecule has 2 atom stereocenters. The Balaban J connectivity index is 0.00000162. The third kappa shape index (κ3) is 2.38. The fourth-order valence-electron chi connectivity index (χ4n) is 2.85. The lowest BCUT2D eigenvalue weighted by atomic mass is 9.63. The fourth-order valence-corrected chi connectivity index (χ4v) is 2.85. The second-order valence-corrected chi connectivity index (χ2v) is 6.09. The first-order valence-electron chi connectivity index (χ1n) is 6.50. The molecule has 0 spiro atoms. The van der Waals surface area contributed by atoms with E-state index in [1.165, 1.54) is 0 Å². The van der Waals surface area contributed by atoms with Gasteiger partial charge in [-0.3, -0.25) is 4.79 Å². The summed E-state index contributed by atoms with van der Waals surface area (Å²) in [6.45, 7) is 7.08. The molecule has 0 heterocycles. The van der Waals surface area contributed by atoms with E-state index in [9.17, 15) is 4.79 Å². The highest BCUT2D eigenvalue weighted by atomic mass is 35.5. The van der Waals surface area contributed by atoms with Crippen LogP contribution in [0.1, 0.15) is 40.0 Å². The summed E-state index contributed by atoms with van der Waals surface area (Å²) in [5.41, 5.74) is 5.45. The van der Waals surface area contributed by atoms with Crippen LogP contribution >= 0.6 is 12.4 Å². The number of hydrogen-bond acceptors (Lipinski definition) is 3. The minimum atomic E-state index is -0.554. The van der Waals surface area contributed by atoms with Crippen molar-refractivity contribution >= 4 is 18.3 Å². The molecule has 106 valence electrons. The highest BCUT2D eigenvalue weighted by molar-refractivity contribution is 5.89. The third-order valence-electron chi connectivity index (χ3n) is 4.50. The van der Waals surface area contributed by atoms with Crippen molar-refractivity contribution in [1.82, 2.24) is 4.90 Å². The van der Waals surface area contributed by atoms with Crippen molar-refractivity contribution in [2.75, 3.05) is 13.7 Å². The Morgan fingerprint density at radius 1 is 1.44 bits per heavy atom. The lowest BCUT2D eigenvalue weighted by Gasteiger charge is -2.55. The van der Waals surface area contributed by atoms with Gasteiger partial charge in [0.1, 0.15) is 0 Å². The summed E-state index contributed by atoms with van der Waals surface area (Å²) in [5, 5.41) is 0. The molecule has 5 heteroatoms. The molecule has 2 N–H and O–H groups in total. The van der Waals surface area contributed by atoms with Crippen LogP contribution in [-0.4, -0.2) is 42.1 Å². The Bertz CT molecular complexity index is 329. The molecule has 0 radical (unpaired) electrons. The van der Waals surface area contributed by atoms with Gasteiger partial charge in [-0.25, -0.2) is 0 Å². The Morgan fingerprint density at radius 2 is 2.00 bits per heavy atom. The van der Waals surface area contributed by atoms with Crippen LogP contribution in [0.15, 0.2) is 0 Å². The van der Waals surface area contributed by atoms with E-state index in [4.69, 9.17) is 10.5 Å². The third-order valence-corrected chi connectivity index (χ3v) is 4.50. The molecule has 0 aromatic heterocycles. The average Bonchev–Trinajstić information content (AvgIpc) is 3.01. The summed E-state index contributed by atoms with van der Waals surface area (Å²) >= 11 is 0. The largest absolute Gasteiger partial charge is 0.378 e. The number of rotatable bonds is 4. The molecule has 2 fully saturated rings. The second kappa shape index (κ2) is 4.99. The van der Waals surface area contributed by atoms with Crippen LogP contribution in [0.3, 0.4) is 0 Å². The van der Waals surface area contributed by atoms with Gasteiger partial charge >= 0.3 is 0 Å². The highest BCUT2D eigenvalue weighted by Gasteiger charge is 2.55. The lowest BCUT2D eigenvalue weighted by molar-refractivity contribution is -0.165. The Morgan fingerprint density at radius 3 is 2.39 bits per heavy atom. The first kappa shape index (κ1) is 15.7. The molecule has 2 rings (SSSR count). The minimum Gasteiger partial charge on any atom is -0.378 e. The molecule has 2 saturated carbocycles. The molecule has 0 saturated heterocycles. The van der Waals surface area contributed by atoms with Gasteiger partial charge in [-0.05, 0) is 26.2 Å². The normalized spacial score (nSPS) is 30.9. The number of halogens is 1. The fraction of sp³-hybridized carbons (Fsp3) is 0.923. The van der Waals surface area contributed by atoms with Crippen LogP contribution in [0.25, 0.3) is 0 Å². The van der Waals surface area contributed by atoms with Gasteiger partial charge in [0.2, 0.25) is 5.91 Å². The number of carbonyl (C=O) groups excluding carboxylic acids is 1. The number of hydrogen-bond donors (Lipinski definition) is 1. The Hall–Kier alpha value is -0.320. The van der Waals surface area contributed by atoms with Gasteiger partial charge in [-0.1, -0.05) is 13.8 Å². The first-order valence-corrected chi connectivity index (χ1v) is 6.50. The highest BCUT2D eigenvalue weighted by Crippen LogP contribution is 2.47. The van der Waals surface area contributed by atoms with E-state index in [0.29, 0.717) is 0 Å². The van der Waals surface area contributed by atoms with Crippen molar-refractivity contribution < 1.29 is 9.53 Å². The van der Waals surface area contributed by atoms with E-state index in [1.807, 2.05) is 18.9 Å². The quantitative estimate of drug-likeness (QED) is 0.848. The molecule has 2 unspecified atom stereocenters. The van der Waals surface area contributed by atoms with Crippen molar-refractivity contribution in [1.29, 1.82) is 0 Å². The monoisotopic (exact) mass is 276 g/mol. The summed E-state index contributed by atoms with van der Waals surface area (Å²) in [6, 6.07) is 0.257. The van der Waals surface area contributed by atoms with Crippen molar-refractivity contribution in [3.8, 4) is 0 Å². The molecule has 0 aromatic rings. The molecular weight excluding hydrogens is 252 g/mol.